The van der Waals surface area contributed by atoms with Crippen molar-refractivity contribution in [2.75, 3.05) is 66.6 Å². The molecule has 0 saturated carbocycles. The fourth-order valence-corrected chi connectivity index (χ4v) is 16.9. The largest absolute Gasteiger partial charge is 0.385 e. The Morgan fingerprint density at radius 2 is 0.958 bits per heavy atom. The topological polar surface area (TPSA) is 271 Å². The van der Waals surface area contributed by atoms with Gasteiger partial charge in [0.05, 0.1) is 76.8 Å². The zero-order chi connectivity index (χ0) is 84.7. The van der Waals surface area contributed by atoms with Gasteiger partial charge in [-0.1, -0.05) is 84.9 Å². The molecule has 120 heavy (non-hydrogen) atoms. The summed E-state index contributed by atoms with van der Waals surface area (Å²) >= 11 is 0. The maximum Gasteiger partial charge on any atom is 0.320 e. The molecule has 9 atom stereocenters. The first kappa shape index (κ1) is 86.4. The number of aryl methyl sites for hydroxylation is 5. The van der Waals surface area contributed by atoms with Gasteiger partial charge in [-0.15, -0.1) is 0 Å². The SMILES string of the molecule is COCC[C@@H]1C[C@@H](NC(=O)Cc2c(C)c(-c3cnc(C)nc3)nn2-c2ccccc2)[C@H](c2cc(C)cc(F)c2)N1.COCC[C@@H]1C[C@@H](NC(=O)Cc2c(C)c(C3=CCNCC3)nn2-c2ccccc2)[C@H](c2cc(C)cc(F)c2)N1.COCC[C@@H]1C[C@@H](NC(=O)Nc2c(C)c(-c3cnc(C)nc3)nn2-c2ccccc2)[C@H](c2ccc(C)c(F)c2)N1C. The maximum absolute atomic E-state index is 14.6. The number of rotatable bonds is 26. The highest BCUT2D eigenvalue weighted by Crippen LogP contribution is 2.40. The number of likely N-dealkylation sites (N-methyl/N-ethyl adjacent to an activating group) is 1. The van der Waals surface area contributed by atoms with E-state index in [9.17, 15) is 27.6 Å². The molecule has 27 heteroatoms. The highest BCUT2D eigenvalue weighted by atomic mass is 19.1. The highest BCUT2D eigenvalue weighted by molar-refractivity contribution is 5.91. The lowest BCUT2D eigenvalue weighted by Crippen LogP contribution is -2.41. The second-order valence-corrected chi connectivity index (χ2v) is 31.7. The number of urea groups is 1. The van der Waals surface area contributed by atoms with Gasteiger partial charge < -0.3 is 46.1 Å². The molecule has 6 aromatic carbocycles. The Morgan fingerprint density at radius 3 is 1.43 bits per heavy atom. The molecular weight excluding hydrogens is 1520 g/mol. The van der Waals surface area contributed by atoms with Gasteiger partial charge in [-0.25, -0.2) is 51.9 Å². The standard InChI is InChI=1S/C31H36FN7O2.C31H35FN6O2.C31H38FN5O2/c1-19-11-12-22(15-26(19)32)29-27(16-25(38(29)4)13-14-41-5)35-31(40)36-30-20(2)28(23-17-33-21(3)34-18-23)37-39(30)24-9-7-6-8-10-24;1-19-12-22(14-24(32)13-19)31-27(15-25(35-31)10-11-40-4)36-29(39)16-28-20(2)30(23-17-33-21(3)34-18-23)37-38(28)26-8-6-5-7-9-26;1-20-15-23(17-24(32)16-20)31-27(18-25(34-31)11-14-39-3)35-29(38)19-28-21(2)30(22-9-12-33-13-10-22)36-37(28)26-7-5-4-6-8-26/h6-12,15,17-18,25,27,29H,13-14,16H2,1-5H3,(H2,35,36,40);5-9,12-14,17-18,25,27,31,35H,10-11,15-16H2,1-4H3,(H,36,39);4-9,15-17,25,27,31,33-34H,10-14,18-19H2,1-3H3,(H,35,38)/t25-,27-,29+;2*25-,27-,31+/m111/s1. The van der Waals surface area contributed by atoms with Crippen LogP contribution in [0.2, 0.25) is 0 Å². The Hall–Kier alpha value is -11.4. The minimum Gasteiger partial charge on any atom is -0.385 e. The number of carbonyl (C=O) groups is 3. The van der Waals surface area contributed by atoms with Crippen molar-refractivity contribution >= 4 is 29.2 Å². The number of benzene rings is 6. The number of likely N-dealkylation sites (tertiary alicyclic amines) is 1. The molecule has 0 unspecified atom stereocenters. The molecule has 4 amide bonds. The lowest BCUT2D eigenvalue weighted by atomic mass is 9.97. The highest BCUT2D eigenvalue weighted by Gasteiger charge is 2.42. The van der Waals surface area contributed by atoms with Crippen molar-refractivity contribution in [1.82, 2.24) is 86.1 Å². The molecule has 24 nitrogen and oxygen atoms in total. The van der Waals surface area contributed by atoms with Crippen LogP contribution in [-0.4, -0.2) is 170 Å². The molecule has 3 saturated heterocycles. The van der Waals surface area contributed by atoms with E-state index < -0.39 is 0 Å². The summed E-state index contributed by atoms with van der Waals surface area (Å²) in [5.41, 5.74) is 16.9. The van der Waals surface area contributed by atoms with Crippen LogP contribution in [0.25, 0.3) is 45.2 Å². The average Bonchev–Trinajstić information content (AvgIpc) is 1.66. The van der Waals surface area contributed by atoms with E-state index in [-0.39, 0.29) is 103 Å². The fourth-order valence-electron chi connectivity index (χ4n) is 16.9. The van der Waals surface area contributed by atoms with Gasteiger partial charge >= 0.3 is 6.03 Å². The number of amides is 4. The summed E-state index contributed by atoms with van der Waals surface area (Å²) in [6, 6.07) is 43.7. The molecule has 9 heterocycles. The zero-order valence-electron chi connectivity index (χ0n) is 70.3. The molecule has 0 spiro atoms. The molecule has 0 bridgehead atoms. The number of para-hydroxylation sites is 3. The van der Waals surface area contributed by atoms with Crippen molar-refractivity contribution in [1.29, 1.82) is 0 Å². The molecule has 628 valence electrons. The maximum atomic E-state index is 14.6. The van der Waals surface area contributed by atoms with Crippen LogP contribution in [0, 0.1) is 72.8 Å². The minimum absolute atomic E-state index is 0.0710. The first-order valence-electron chi connectivity index (χ1n) is 41.1. The van der Waals surface area contributed by atoms with E-state index in [0.717, 1.165) is 147 Å². The first-order chi connectivity index (χ1) is 58.0. The van der Waals surface area contributed by atoms with Crippen LogP contribution in [-0.2, 0) is 36.6 Å². The molecule has 4 aliphatic rings. The lowest BCUT2D eigenvalue weighted by molar-refractivity contribution is -0.122. The van der Waals surface area contributed by atoms with Crippen molar-refractivity contribution in [3.05, 3.63) is 273 Å². The molecule has 0 aliphatic carbocycles. The summed E-state index contributed by atoms with van der Waals surface area (Å²) in [5, 5.41) is 38.1. The predicted octanol–water partition coefficient (Wildman–Crippen LogP) is 14.1. The molecule has 0 radical (unpaired) electrons. The number of aromatic nitrogens is 10. The third-order valence-electron chi connectivity index (χ3n) is 23.0. The van der Waals surface area contributed by atoms with Gasteiger partial charge in [-0.2, -0.15) is 15.3 Å². The van der Waals surface area contributed by atoms with Gasteiger partial charge in [-0.05, 0) is 231 Å². The van der Waals surface area contributed by atoms with Gasteiger partial charge in [0.15, 0.2) is 0 Å². The smallest absolute Gasteiger partial charge is 0.320 e. The summed E-state index contributed by atoms with van der Waals surface area (Å²) in [7, 11) is 7.07. The van der Waals surface area contributed by atoms with E-state index >= 15 is 0 Å². The molecule has 7 N–H and O–H groups in total. The molecule has 4 aliphatic heterocycles. The van der Waals surface area contributed by atoms with E-state index in [0.29, 0.717) is 55.0 Å². The number of methoxy groups -OCH3 is 3. The first-order valence-corrected chi connectivity index (χ1v) is 41.1. The monoisotopic (exact) mass is 1630 g/mol. The van der Waals surface area contributed by atoms with Crippen LogP contribution in [0.4, 0.5) is 23.8 Å². The minimum atomic E-state index is -0.361. The van der Waals surface area contributed by atoms with E-state index in [1.54, 1.807) is 82.0 Å². The van der Waals surface area contributed by atoms with Crippen LogP contribution in [0.3, 0.4) is 0 Å². The quantitative estimate of drug-likeness (QED) is 0.0265. The van der Waals surface area contributed by atoms with Gasteiger partial charge in [0.2, 0.25) is 11.8 Å². The Labute approximate surface area is 700 Å². The van der Waals surface area contributed by atoms with Gasteiger partial charge in [-0.3, -0.25) is 19.8 Å². The Balaban J connectivity index is 0.000000156. The number of nitrogens with zero attached hydrogens (tertiary/aromatic N) is 11. The third kappa shape index (κ3) is 21.0. The fraction of sp³-hybridized carbons (Fsp3) is 0.376. The molecule has 3 fully saturated rings. The Kier molecular flexibility index (Phi) is 28.9. The summed E-state index contributed by atoms with van der Waals surface area (Å²) < 4.78 is 64.6. The van der Waals surface area contributed by atoms with Crippen molar-refractivity contribution in [2.45, 2.75) is 168 Å². The van der Waals surface area contributed by atoms with Crippen molar-refractivity contribution in [2.24, 2.45) is 0 Å². The van der Waals surface area contributed by atoms with Crippen LogP contribution in [0.15, 0.2) is 176 Å². The summed E-state index contributed by atoms with van der Waals surface area (Å²) in [4.78, 5) is 60.4. The van der Waals surface area contributed by atoms with Gasteiger partial charge in [0, 0.05) is 119 Å². The number of nitrogens with one attached hydrogen (secondary N) is 7. The van der Waals surface area contributed by atoms with Crippen LogP contribution in [0.5, 0.6) is 0 Å². The molecule has 11 aromatic rings. The number of hydrogen-bond acceptors (Lipinski definition) is 17. The van der Waals surface area contributed by atoms with Crippen LogP contribution in [0.1, 0.15) is 142 Å². The van der Waals surface area contributed by atoms with E-state index in [1.165, 1.54) is 17.7 Å². The van der Waals surface area contributed by atoms with E-state index in [4.69, 9.17) is 29.5 Å². The lowest BCUT2D eigenvalue weighted by Gasteiger charge is -2.28. The van der Waals surface area contributed by atoms with Crippen LogP contribution >= 0.6 is 0 Å². The van der Waals surface area contributed by atoms with Gasteiger partial charge in [0.25, 0.3) is 0 Å². The second-order valence-electron chi connectivity index (χ2n) is 31.7. The summed E-state index contributed by atoms with van der Waals surface area (Å²) in [6.45, 7) is 18.7. The second kappa shape index (κ2) is 40.1. The van der Waals surface area contributed by atoms with E-state index in [2.05, 4.69) is 75.1 Å². The zero-order valence-corrected chi connectivity index (χ0v) is 70.3. The summed E-state index contributed by atoms with van der Waals surface area (Å²) in [6.07, 6.45) is 15.0. The van der Waals surface area contributed by atoms with Crippen molar-refractivity contribution in [3.63, 3.8) is 0 Å². The molecule has 15 rings (SSSR count). The van der Waals surface area contributed by atoms with E-state index in [1.807, 2.05) is 167 Å². The molecular formula is C93H109F3N18O6. The third-order valence-corrected chi connectivity index (χ3v) is 23.0. The van der Waals surface area contributed by atoms with Crippen LogP contribution < -0.4 is 37.2 Å². The molecule has 5 aromatic heterocycles. The van der Waals surface area contributed by atoms with Crippen molar-refractivity contribution in [3.8, 4) is 39.6 Å². The number of carbonyl (C=O) groups excluding carboxylic acids is 3. The summed E-state index contributed by atoms with van der Waals surface area (Å²) in [5.74, 6) is 0.901. The number of hydrogen-bond donors (Lipinski definition) is 7. The number of anilines is 1. The Morgan fingerprint density at radius 1 is 0.500 bits per heavy atom. The Bertz CT molecular complexity index is 5320. The number of halogens is 3. The normalized spacial score (nSPS) is 19.6. The van der Waals surface area contributed by atoms with Crippen molar-refractivity contribution < 1.29 is 41.8 Å². The van der Waals surface area contributed by atoms with Gasteiger partial charge in [0.1, 0.15) is 40.6 Å². The number of ether oxygens (including phenoxy) is 3. The average molecular weight is 1630 g/mol. The predicted molar refractivity (Wildman–Crippen MR) is 459 cm³/mol.